The number of hydrogen-bond donors (Lipinski definition) is 2. The highest BCUT2D eigenvalue weighted by molar-refractivity contribution is 5.92. The highest BCUT2D eigenvalue weighted by Crippen LogP contribution is 2.35. The van der Waals surface area contributed by atoms with Crippen LogP contribution in [0.2, 0.25) is 0 Å². The number of fused-ring (bicyclic) bond motifs is 1. The first-order valence-corrected chi connectivity index (χ1v) is 10.4. The molecule has 2 atom stereocenters. The number of nitrogens with two attached hydrogens (primary N) is 1. The maximum absolute atomic E-state index is 13.2. The quantitative estimate of drug-likeness (QED) is 0.422. The molecule has 3 N–H and O–H groups in total. The number of hydrogen-bond acceptors (Lipinski definition) is 6. The van der Waals surface area contributed by atoms with Crippen molar-refractivity contribution in [3.8, 4) is 18.1 Å². The number of alkyl halides is 3. The van der Waals surface area contributed by atoms with E-state index in [-0.39, 0.29) is 11.8 Å². The maximum atomic E-state index is 13.2. The number of terminal acetylenes is 1. The Labute approximate surface area is 189 Å². The Morgan fingerprint density at radius 2 is 2.03 bits per heavy atom. The number of halogens is 3. The number of nitrogen functional groups attached to an aromatic ring is 1. The van der Waals surface area contributed by atoms with Gasteiger partial charge in [-0.3, -0.25) is 0 Å². The van der Waals surface area contributed by atoms with Gasteiger partial charge < -0.3 is 20.5 Å². The van der Waals surface area contributed by atoms with Crippen molar-refractivity contribution in [2.24, 2.45) is 0 Å². The van der Waals surface area contributed by atoms with Crippen LogP contribution >= 0.6 is 0 Å². The van der Waals surface area contributed by atoms with Crippen molar-refractivity contribution in [1.29, 1.82) is 0 Å². The van der Waals surface area contributed by atoms with E-state index in [1.165, 1.54) is 6.07 Å². The fourth-order valence-electron chi connectivity index (χ4n) is 3.76. The second kappa shape index (κ2) is 8.79. The molecule has 172 valence electrons. The number of ether oxygens (including phenoxy) is 2. The standard InChI is InChI=1S/C24H23F3N4O2/c1-4-15-9-21-20(11-22(15)33-19-5-6-32-12-19)23(31-14(3)30-21)29-13(2)16-7-17(24(25,26)27)10-18(28)8-16/h1,7-11,13,19H,5-6,12,28H2,2-3H3,(H,29,30,31)/t13-,19+/m1/s1. The van der Waals surface area contributed by atoms with Gasteiger partial charge in [-0.15, -0.1) is 6.42 Å². The first-order valence-electron chi connectivity index (χ1n) is 10.4. The molecule has 1 aliphatic rings. The van der Waals surface area contributed by atoms with Gasteiger partial charge in [0.1, 0.15) is 23.5 Å². The van der Waals surface area contributed by atoms with Crippen molar-refractivity contribution in [1.82, 2.24) is 9.97 Å². The van der Waals surface area contributed by atoms with E-state index in [2.05, 4.69) is 21.2 Å². The number of nitrogens with zero attached hydrogens (tertiary/aromatic N) is 2. The zero-order valence-corrected chi connectivity index (χ0v) is 18.2. The summed E-state index contributed by atoms with van der Waals surface area (Å²) in [5.41, 5.74) is 6.50. The van der Waals surface area contributed by atoms with Crippen LogP contribution in [-0.2, 0) is 10.9 Å². The van der Waals surface area contributed by atoms with Crippen LogP contribution in [0, 0.1) is 19.3 Å². The monoisotopic (exact) mass is 456 g/mol. The smallest absolute Gasteiger partial charge is 0.416 e. The molecule has 1 aliphatic heterocycles. The normalized spacial score (nSPS) is 17.0. The van der Waals surface area contributed by atoms with Gasteiger partial charge >= 0.3 is 6.18 Å². The number of anilines is 2. The van der Waals surface area contributed by atoms with Crippen LogP contribution in [0.25, 0.3) is 10.9 Å². The third-order valence-electron chi connectivity index (χ3n) is 5.40. The van der Waals surface area contributed by atoms with Crippen molar-refractivity contribution in [2.45, 2.75) is 38.6 Å². The summed E-state index contributed by atoms with van der Waals surface area (Å²) in [6.45, 7) is 4.57. The lowest BCUT2D eigenvalue weighted by atomic mass is 10.0. The zero-order chi connectivity index (χ0) is 23.8. The van der Waals surface area contributed by atoms with Gasteiger partial charge in [0.15, 0.2) is 0 Å². The molecule has 1 fully saturated rings. The van der Waals surface area contributed by atoms with Gasteiger partial charge in [0, 0.05) is 17.5 Å². The third-order valence-corrected chi connectivity index (χ3v) is 5.40. The third kappa shape index (κ3) is 4.96. The average molecular weight is 456 g/mol. The Kier molecular flexibility index (Phi) is 6.04. The molecule has 33 heavy (non-hydrogen) atoms. The molecule has 0 aliphatic carbocycles. The Hall–Kier alpha value is -3.51. The van der Waals surface area contributed by atoms with E-state index >= 15 is 0 Å². The molecule has 4 rings (SSSR count). The summed E-state index contributed by atoms with van der Waals surface area (Å²) in [5, 5.41) is 3.84. The van der Waals surface area contributed by atoms with Gasteiger partial charge in [-0.1, -0.05) is 5.92 Å². The van der Waals surface area contributed by atoms with E-state index in [0.29, 0.717) is 52.6 Å². The number of aryl methyl sites for hydroxylation is 1. The summed E-state index contributed by atoms with van der Waals surface area (Å²) in [6, 6.07) is 6.49. The Balaban J connectivity index is 1.72. The molecule has 2 aromatic carbocycles. The first-order chi connectivity index (χ1) is 15.6. The summed E-state index contributed by atoms with van der Waals surface area (Å²) < 4.78 is 51.2. The molecule has 0 unspecified atom stereocenters. The minimum absolute atomic E-state index is 0.0327. The largest absolute Gasteiger partial charge is 0.487 e. The maximum Gasteiger partial charge on any atom is 0.416 e. The minimum Gasteiger partial charge on any atom is -0.487 e. The van der Waals surface area contributed by atoms with Crippen LogP contribution in [0.4, 0.5) is 24.7 Å². The molecular formula is C24H23F3N4O2. The molecule has 0 saturated carbocycles. The van der Waals surface area contributed by atoms with E-state index in [1.54, 1.807) is 26.0 Å². The molecule has 0 amide bonds. The summed E-state index contributed by atoms with van der Waals surface area (Å²) in [7, 11) is 0. The van der Waals surface area contributed by atoms with Gasteiger partial charge in [0.25, 0.3) is 0 Å². The van der Waals surface area contributed by atoms with E-state index in [0.717, 1.165) is 18.6 Å². The Bertz CT molecular complexity index is 1230. The fraction of sp³-hybridized carbons (Fsp3) is 0.333. The highest BCUT2D eigenvalue weighted by atomic mass is 19.4. The average Bonchev–Trinajstić information content (AvgIpc) is 3.25. The number of rotatable bonds is 5. The lowest BCUT2D eigenvalue weighted by Gasteiger charge is -2.20. The second-order valence-electron chi connectivity index (χ2n) is 7.98. The number of aromatic nitrogens is 2. The van der Waals surface area contributed by atoms with E-state index in [9.17, 15) is 13.2 Å². The Morgan fingerprint density at radius 1 is 1.24 bits per heavy atom. The summed E-state index contributed by atoms with van der Waals surface area (Å²) in [5.74, 6) is 4.08. The number of nitrogens with one attached hydrogen (secondary N) is 1. The predicted molar refractivity (Wildman–Crippen MR) is 120 cm³/mol. The molecular weight excluding hydrogens is 433 g/mol. The van der Waals surface area contributed by atoms with Crippen LogP contribution in [0.1, 0.15) is 41.9 Å². The minimum atomic E-state index is -4.50. The molecule has 2 heterocycles. The van der Waals surface area contributed by atoms with Crippen molar-refractivity contribution < 1.29 is 22.6 Å². The van der Waals surface area contributed by atoms with Crippen LogP contribution in [-0.4, -0.2) is 29.3 Å². The molecule has 1 aromatic heterocycles. The van der Waals surface area contributed by atoms with Crippen molar-refractivity contribution in [3.63, 3.8) is 0 Å². The fourth-order valence-corrected chi connectivity index (χ4v) is 3.76. The second-order valence-corrected chi connectivity index (χ2v) is 7.98. The van der Waals surface area contributed by atoms with Gasteiger partial charge in [0.2, 0.25) is 0 Å². The zero-order valence-electron chi connectivity index (χ0n) is 18.2. The van der Waals surface area contributed by atoms with Crippen molar-refractivity contribution >= 4 is 22.4 Å². The molecule has 0 radical (unpaired) electrons. The highest BCUT2D eigenvalue weighted by Gasteiger charge is 2.31. The van der Waals surface area contributed by atoms with Crippen LogP contribution in [0.5, 0.6) is 5.75 Å². The van der Waals surface area contributed by atoms with Crippen LogP contribution in [0.15, 0.2) is 30.3 Å². The van der Waals surface area contributed by atoms with Gasteiger partial charge in [-0.25, -0.2) is 9.97 Å². The predicted octanol–water partition coefficient (Wildman–Crippen LogP) is 4.86. The Morgan fingerprint density at radius 3 is 2.70 bits per heavy atom. The lowest BCUT2D eigenvalue weighted by molar-refractivity contribution is -0.137. The van der Waals surface area contributed by atoms with Gasteiger partial charge in [-0.05, 0) is 49.7 Å². The van der Waals surface area contributed by atoms with Gasteiger partial charge in [-0.2, -0.15) is 13.2 Å². The molecule has 3 aromatic rings. The topological polar surface area (TPSA) is 82.3 Å². The lowest BCUT2D eigenvalue weighted by Crippen LogP contribution is -2.16. The first kappa shape index (κ1) is 22.7. The summed E-state index contributed by atoms with van der Waals surface area (Å²) >= 11 is 0. The summed E-state index contributed by atoms with van der Waals surface area (Å²) in [6.07, 6.45) is 1.84. The van der Waals surface area contributed by atoms with Crippen LogP contribution in [0.3, 0.4) is 0 Å². The molecule has 1 saturated heterocycles. The van der Waals surface area contributed by atoms with Gasteiger partial charge in [0.05, 0.1) is 35.9 Å². The molecule has 0 spiro atoms. The van der Waals surface area contributed by atoms with E-state index < -0.39 is 17.8 Å². The van der Waals surface area contributed by atoms with Crippen molar-refractivity contribution in [3.05, 3.63) is 52.8 Å². The van der Waals surface area contributed by atoms with Crippen molar-refractivity contribution in [2.75, 3.05) is 24.3 Å². The number of benzene rings is 2. The SMILES string of the molecule is C#Cc1cc2nc(C)nc(N[C@H](C)c3cc(N)cc(C(F)(F)F)c3)c2cc1O[C@H]1CCOC1. The molecule has 9 heteroatoms. The van der Waals surface area contributed by atoms with Crippen LogP contribution < -0.4 is 15.8 Å². The van der Waals surface area contributed by atoms with E-state index in [1.807, 2.05) is 0 Å². The molecule has 0 bridgehead atoms. The molecule has 6 nitrogen and oxygen atoms in total. The van der Waals surface area contributed by atoms with E-state index in [4.69, 9.17) is 21.6 Å². The summed E-state index contributed by atoms with van der Waals surface area (Å²) in [4.78, 5) is 8.94.